The molecular formula is C81H109ClN11O27P. The lowest BCUT2D eigenvalue weighted by atomic mass is 9.85. The number of carbonyl (C=O) groups excluding carboxylic acids is 7. The largest absolute Gasteiger partial charge is 0.507 e. The fourth-order valence-corrected chi connectivity index (χ4v) is 16.0. The van der Waals surface area contributed by atoms with Gasteiger partial charge in [0.15, 0.2) is 29.9 Å². The molecule has 18 atom stereocenters. The van der Waals surface area contributed by atoms with Gasteiger partial charge in [0.2, 0.25) is 53.4 Å². The molecule has 12 rings (SSSR count). The summed E-state index contributed by atoms with van der Waals surface area (Å²) < 4.78 is 51.7. The van der Waals surface area contributed by atoms with Crippen LogP contribution in [0.4, 0.5) is 0 Å². The number of primary amides is 1. The van der Waals surface area contributed by atoms with Crippen LogP contribution in [0.5, 0.6) is 46.0 Å². The van der Waals surface area contributed by atoms with Crippen LogP contribution >= 0.6 is 19.2 Å². The predicted octanol–water partition coefficient (Wildman–Crippen LogP) is 2.35. The van der Waals surface area contributed by atoms with Crippen molar-refractivity contribution in [2.75, 3.05) is 39.6 Å². The van der Waals surface area contributed by atoms with Crippen molar-refractivity contribution in [2.45, 2.75) is 228 Å². The third kappa shape index (κ3) is 22.9. The Morgan fingerprint density at radius 1 is 0.711 bits per heavy atom. The lowest BCUT2D eigenvalue weighted by Crippen LogP contribution is -2.65. The Morgan fingerprint density at radius 3 is 1.98 bits per heavy atom. The maximum Gasteiger partial charge on any atom is 0.339 e. The standard InChI is InChI=1S/C81H109ClN11O27P/c1-8-9-10-11-12-13-14-15-22-85-23-24-87-81(6)33-58(115-39(5)72(81)103)119-71-69(102)68(101)56(35-94)118-80(71)120-70-54-29-43-30-55(70)117-53-21-18-42(28-47(53)82)66(99)64-78(109)91-62(79(110)111)45-31-51(96)46(34-86-36-121(112,113)114)67(100)59(45)44-27-40(16-19-50(44)95)60(75(106)93-64)90-76(107)61(43)89-74(105)49(32-57(83)97)88-77(108)63(92-73(104)48(84-7)25-37(2)3)65(98)41-17-20-52(116-54)38(4)26-41/h16-21,26-31,37,39,48-49,56,58,60-66,68-69,71-72,80,84-87,94-96,98-103H,8-15,22-25,32-36H2,1-7H3,(H2,83,97)(H,88,108)(H,89,105)(H,90,107)(H,91,109)(H,92,104)(H,93,106)(H,110,111)(H2,112,113,114)/t39-,48+,49-,56+,58-,60+,61+,62-,63+,64-,65+,66+,68+,69-,71+,72+,80-,81-/m0/s1. The first-order chi connectivity index (χ1) is 57.3. The molecule has 0 unspecified atom stereocenters. The van der Waals surface area contributed by atoms with Gasteiger partial charge >= 0.3 is 13.6 Å². The van der Waals surface area contributed by atoms with Crippen molar-refractivity contribution in [3.63, 3.8) is 0 Å². The number of aromatic hydroxyl groups is 3. The van der Waals surface area contributed by atoms with Gasteiger partial charge in [-0.3, -0.25) is 38.1 Å². The maximum absolute atomic E-state index is 16.4. The highest BCUT2D eigenvalue weighted by Gasteiger charge is 2.52. The SMILES string of the molecule is CCCCCCCCCCNCCN[C@@]1(C)C[C@H](O[C@H]2[C@H](Oc3c4cc5cc3Oc3ccc(cc3Cl)[C@@H](O)[C@@H]3NC(=O)[C@H](NC(=O)[C@@H]5NC(=O)[C@H](CC(N)=O)NC(=O)[C@H](NC(=O)[C@@H](CC(C)C)NC)[C@H](O)c5ccc(c(C)c5)O4)c4ccc(O)c(c4)-c4c(cc(O)c(CNCP(=O)(O)O)c4O)[C@@H](C(=O)O)NC3=O)O[C@H](CO)[C@@H](O)[C@@H]2O)O[C@@H](C)[C@H]1O. The number of aliphatic hydroxyl groups excluding tert-OH is 6. The van der Waals surface area contributed by atoms with E-state index in [1.807, 2.05) is 13.8 Å². The van der Waals surface area contributed by atoms with Crippen molar-refractivity contribution in [1.29, 1.82) is 0 Å². The lowest BCUT2D eigenvalue weighted by molar-refractivity contribution is -0.334. The highest BCUT2D eigenvalue weighted by Crippen LogP contribution is 2.51. The number of carboxylic acids is 1. The van der Waals surface area contributed by atoms with Gasteiger partial charge in [-0.2, -0.15) is 0 Å². The Balaban J connectivity index is 1.17. The molecule has 662 valence electrons. The Hall–Kier alpha value is -9.42. The molecule has 5 aromatic carbocycles. The summed E-state index contributed by atoms with van der Waals surface area (Å²) in [6, 6.07) is -1.57. The van der Waals surface area contributed by atoms with E-state index in [-0.39, 0.29) is 41.2 Å². The molecule has 7 amide bonds. The number of hydrogen-bond acceptors (Lipinski definition) is 28. The topological polar surface area (TPSA) is 598 Å². The zero-order valence-corrected chi connectivity index (χ0v) is 69.4. The fraction of sp³-hybridized carbons (Fsp3) is 0.531. The number of amides is 7. The number of benzene rings is 5. The number of phenolic OH excluding ortho intramolecular Hbond substituents is 3. The summed E-state index contributed by atoms with van der Waals surface area (Å²) in [5.41, 5.74) is 0.956. The van der Waals surface area contributed by atoms with E-state index in [1.54, 1.807) is 13.8 Å². The average Bonchev–Trinajstić information content (AvgIpc) is 0.839. The van der Waals surface area contributed by atoms with Gasteiger partial charge in [0.25, 0.3) is 0 Å². The molecule has 0 spiro atoms. The number of likely N-dealkylation sites (N-methyl/N-ethyl adjacent to an activating group) is 1. The van der Waals surface area contributed by atoms with Gasteiger partial charge in [0.05, 0.1) is 48.1 Å². The number of aliphatic hydroxyl groups is 6. The van der Waals surface area contributed by atoms with Crippen molar-refractivity contribution in [2.24, 2.45) is 11.7 Å². The minimum absolute atomic E-state index is 0.0474. The Bertz CT molecular complexity index is 4640. The second-order valence-corrected chi connectivity index (χ2v) is 33.7. The van der Waals surface area contributed by atoms with Gasteiger partial charge in [0.1, 0.15) is 89.5 Å². The summed E-state index contributed by atoms with van der Waals surface area (Å²) in [6.07, 6.45) is -10.2. The second-order valence-electron chi connectivity index (χ2n) is 31.6. The third-order valence-electron chi connectivity index (χ3n) is 21.9. The molecule has 0 radical (unpaired) electrons. The first-order valence-corrected chi connectivity index (χ1v) is 42.2. The molecule has 24 N–H and O–H groups in total. The van der Waals surface area contributed by atoms with Crippen LogP contribution in [0.1, 0.15) is 175 Å². The molecule has 11 bridgehead atoms. The van der Waals surface area contributed by atoms with Crippen molar-refractivity contribution < 1.29 is 132 Å². The van der Waals surface area contributed by atoms with Crippen LogP contribution in [0.3, 0.4) is 0 Å². The monoisotopic (exact) mass is 1730 g/mol. The molecule has 0 saturated carbocycles. The number of phenols is 3. The zero-order chi connectivity index (χ0) is 88.2. The molecule has 2 fully saturated rings. The van der Waals surface area contributed by atoms with Gasteiger partial charge in [-0.05, 0) is 136 Å². The van der Waals surface area contributed by atoms with Gasteiger partial charge < -0.3 is 148 Å². The number of rotatable bonds is 30. The van der Waals surface area contributed by atoms with Crippen molar-refractivity contribution in [3.05, 3.63) is 117 Å². The first-order valence-electron chi connectivity index (χ1n) is 40.0. The second kappa shape index (κ2) is 41.2. The maximum atomic E-state index is 16.4. The van der Waals surface area contributed by atoms with E-state index in [1.165, 1.54) is 64.3 Å². The summed E-state index contributed by atoms with van der Waals surface area (Å²) in [5.74, 6) is -16.4. The minimum atomic E-state index is -4.84. The van der Waals surface area contributed by atoms with E-state index in [4.69, 9.17) is 45.8 Å². The van der Waals surface area contributed by atoms with Crippen LogP contribution in [-0.2, 0) is 63.7 Å². The van der Waals surface area contributed by atoms with E-state index in [0.717, 1.165) is 80.4 Å². The summed E-state index contributed by atoms with van der Waals surface area (Å²) in [6.45, 7) is 10.6. The number of unbranched alkanes of at least 4 members (excludes halogenated alkanes) is 7. The molecule has 2 saturated heterocycles. The van der Waals surface area contributed by atoms with Gasteiger partial charge in [-0.25, -0.2) is 4.79 Å². The highest BCUT2D eigenvalue weighted by molar-refractivity contribution is 7.51. The number of aryl methyl sites for hydroxylation is 1. The molecule has 7 aliphatic rings. The Labute approximate surface area is 701 Å². The smallest absolute Gasteiger partial charge is 0.339 e. The summed E-state index contributed by atoms with van der Waals surface area (Å²) in [4.78, 5) is 138. The molecule has 40 heteroatoms. The molecule has 7 aliphatic heterocycles. The molecule has 121 heavy (non-hydrogen) atoms. The zero-order valence-electron chi connectivity index (χ0n) is 67.7. The van der Waals surface area contributed by atoms with Crippen LogP contribution in [-0.4, -0.2) is 227 Å². The van der Waals surface area contributed by atoms with Gasteiger partial charge in [-0.15, -0.1) is 0 Å². The van der Waals surface area contributed by atoms with Crippen LogP contribution in [0.15, 0.2) is 72.8 Å². The molecule has 0 aromatic heterocycles. The highest BCUT2D eigenvalue weighted by atomic mass is 35.5. The van der Waals surface area contributed by atoms with Crippen molar-refractivity contribution >= 4 is 66.5 Å². The fourth-order valence-electron chi connectivity index (χ4n) is 15.3. The first kappa shape index (κ1) is 93.8. The number of halogens is 1. The number of carboxylic acid groups (broad SMARTS) is 1. The number of hydrogen-bond donors (Lipinski definition) is 23. The van der Waals surface area contributed by atoms with E-state index in [9.17, 15) is 79.8 Å². The summed E-state index contributed by atoms with van der Waals surface area (Å²) in [7, 11) is -3.36. The quantitative estimate of drug-likeness (QED) is 0.0232. The summed E-state index contributed by atoms with van der Waals surface area (Å²) in [5, 5.41) is 145. The Kier molecular flexibility index (Phi) is 31.9. The minimum Gasteiger partial charge on any atom is -0.507 e. The van der Waals surface area contributed by atoms with Crippen LogP contribution in [0.25, 0.3) is 11.1 Å². The number of ether oxygens (including phenoxy) is 6. The van der Waals surface area contributed by atoms with Gasteiger partial charge in [0, 0.05) is 48.3 Å². The van der Waals surface area contributed by atoms with Crippen LogP contribution < -0.4 is 73.1 Å². The normalized spacial score (nSPS) is 26.7. The number of nitrogens with one attached hydrogen (secondary N) is 10. The molecule has 0 aliphatic carbocycles. The molecule has 7 heterocycles. The van der Waals surface area contributed by atoms with E-state index < -0.39 is 269 Å². The lowest BCUT2D eigenvalue weighted by Gasteiger charge is -2.48. The number of aliphatic carboxylic acids is 1. The van der Waals surface area contributed by atoms with E-state index >= 15 is 24.0 Å². The van der Waals surface area contributed by atoms with E-state index in [0.29, 0.717) is 13.1 Å². The van der Waals surface area contributed by atoms with Crippen molar-refractivity contribution in [1.82, 2.24) is 53.2 Å². The summed E-state index contributed by atoms with van der Waals surface area (Å²) >= 11 is 7.17. The molecular weight excluding hydrogens is 1630 g/mol. The van der Waals surface area contributed by atoms with Crippen LogP contribution in [0, 0.1) is 12.8 Å². The molecule has 38 nitrogen and oxygen atoms in total. The van der Waals surface area contributed by atoms with E-state index in [2.05, 4.69) is 60.1 Å². The van der Waals surface area contributed by atoms with Crippen molar-refractivity contribution in [3.8, 4) is 57.1 Å². The number of nitrogens with two attached hydrogens (primary N) is 1. The number of fused-ring (bicyclic) bond motifs is 15. The predicted molar refractivity (Wildman–Crippen MR) is 432 cm³/mol. The average molecular weight is 1740 g/mol. The third-order valence-corrected chi connectivity index (χ3v) is 22.8. The Morgan fingerprint density at radius 2 is 1.35 bits per heavy atom. The number of carbonyl (C=O) groups is 8. The van der Waals surface area contributed by atoms with Crippen LogP contribution in [0.2, 0.25) is 5.02 Å². The molecule has 5 aromatic rings. The van der Waals surface area contributed by atoms with Gasteiger partial charge in [-0.1, -0.05) is 95.5 Å².